The molecule has 0 aliphatic carbocycles. The average Bonchev–Trinajstić information content (AvgIpc) is 3.56. The Bertz CT molecular complexity index is 2130. The van der Waals surface area contributed by atoms with Gasteiger partial charge < -0.3 is 19.8 Å². The number of hydrogen-bond donors (Lipinski definition) is 2. The van der Waals surface area contributed by atoms with Gasteiger partial charge in [-0.3, -0.25) is 0 Å². The molecule has 0 bridgehead atoms. The molecule has 0 saturated heterocycles. The van der Waals surface area contributed by atoms with E-state index in [4.69, 9.17) is 4.42 Å². The Morgan fingerprint density at radius 2 is 1.32 bits per heavy atom. The Morgan fingerprint density at radius 1 is 0.600 bits per heavy atom. The van der Waals surface area contributed by atoms with E-state index in [0.29, 0.717) is 5.69 Å². The van der Waals surface area contributed by atoms with E-state index in [1.807, 2.05) is 24.3 Å². The van der Waals surface area contributed by atoms with Crippen LogP contribution >= 0.6 is 0 Å². The molecule has 4 nitrogen and oxygen atoms in total. The zero-order valence-electron chi connectivity index (χ0n) is 21.9. The van der Waals surface area contributed by atoms with E-state index in [1.54, 1.807) is 19.2 Å². The fourth-order valence-corrected chi connectivity index (χ4v) is 5.50. The third kappa shape index (κ3) is 4.44. The summed E-state index contributed by atoms with van der Waals surface area (Å²) in [5, 5.41) is 20.9. The Labute approximate surface area is 256 Å². The molecule has 0 aliphatic rings. The number of benzene rings is 6. The van der Waals surface area contributed by atoms with E-state index in [-0.39, 0.29) is 38.5 Å². The van der Waals surface area contributed by atoms with Crippen molar-refractivity contribution in [2.75, 3.05) is 7.05 Å². The van der Waals surface area contributed by atoms with Crippen molar-refractivity contribution in [1.82, 2.24) is 4.98 Å². The number of aromatic nitrogens is 1. The first kappa shape index (κ1) is 26.1. The summed E-state index contributed by atoms with van der Waals surface area (Å²) in [7, 11) is 1.66. The third-order valence-corrected chi connectivity index (χ3v) is 7.31. The molecule has 0 atom stereocenters. The number of phenolic OH excluding ortho intramolecular Hbond substituents is 1. The van der Waals surface area contributed by atoms with Gasteiger partial charge in [0.2, 0.25) is 0 Å². The number of fused-ring (bicyclic) bond motifs is 8. The molecule has 8 rings (SSSR count). The number of phenols is 1. The van der Waals surface area contributed by atoms with Crippen LogP contribution in [-0.4, -0.2) is 17.1 Å². The van der Waals surface area contributed by atoms with Crippen molar-refractivity contribution < 1.29 is 42.2 Å². The summed E-state index contributed by atoms with van der Waals surface area (Å²) in [4.78, 5) is 3.55. The van der Waals surface area contributed by atoms with Gasteiger partial charge in [0.05, 0.1) is 0 Å². The Hall–Kier alpha value is -4.12. The molecular formula is C35H25N2O2Y-. The second-order valence-electron chi connectivity index (χ2n) is 9.59. The Morgan fingerprint density at radius 3 is 2.15 bits per heavy atom. The van der Waals surface area contributed by atoms with Crippen molar-refractivity contribution >= 4 is 60.2 Å². The van der Waals surface area contributed by atoms with Gasteiger partial charge in [0.15, 0.2) is 0 Å². The molecule has 0 amide bonds. The zero-order valence-corrected chi connectivity index (χ0v) is 24.8. The molecule has 5 heteroatoms. The fourth-order valence-electron chi connectivity index (χ4n) is 5.50. The number of furan rings is 1. The van der Waals surface area contributed by atoms with Crippen molar-refractivity contribution in [3.8, 4) is 16.9 Å². The minimum Gasteiger partial charge on any atom is -0.683 e. The van der Waals surface area contributed by atoms with E-state index < -0.39 is 0 Å². The van der Waals surface area contributed by atoms with Crippen LogP contribution < -0.4 is 0 Å². The van der Waals surface area contributed by atoms with Crippen LogP contribution in [0.2, 0.25) is 0 Å². The second kappa shape index (κ2) is 10.8. The molecule has 2 N–H and O–H groups in total. The molecule has 1 radical (unpaired) electrons. The predicted octanol–water partition coefficient (Wildman–Crippen LogP) is 10.1. The maximum atomic E-state index is 9.75. The maximum Gasteiger partial charge on any atom is 0.135 e. The van der Waals surface area contributed by atoms with Crippen LogP contribution in [0.5, 0.6) is 5.75 Å². The number of aromatic amines is 1. The number of aromatic hydroxyl groups is 1. The second-order valence-corrected chi connectivity index (χ2v) is 9.59. The fraction of sp³-hybridized carbons (Fsp3) is 0.0286. The van der Waals surface area contributed by atoms with Gasteiger partial charge in [-0.1, -0.05) is 90.6 Å². The van der Waals surface area contributed by atoms with Crippen LogP contribution in [0.15, 0.2) is 126 Å². The van der Waals surface area contributed by atoms with E-state index >= 15 is 0 Å². The standard InChI is InChI=1S/C22H15N.C13H10NO2.Y/c1-2-6-15(7-3-1)17-11-12-20-19(14-17)22-18-9-5-4-8-16(18)10-13-21(22)23-20;1-14-13-9(15)6-7-11-12(13)8-4-2-3-5-10(8)16-11;/h1-14,23H;2-7,15H,1H3;/q;-1;. The van der Waals surface area contributed by atoms with Gasteiger partial charge in [0, 0.05) is 65.3 Å². The Kier molecular flexibility index (Phi) is 7.06. The monoisotopic (exact) mass is 594 g/mol. The van der Waals surface area contributed by atoms with Gasteiger partial charge in [-0.25, -0.2) is 0 Å². The normalized spacial score (nSPS) is 11.0. The molecule has 2 heterocycles. The first-order chi connectivity index (χ1) is 19.2. The number of nitrogens with zero attached hydrogens (tertiary/aromatic N) is 1. The molecule has 0 fully saturated rings. The number of para-hydroxylation sites is 1. The number of rotatable bonds is 2. The van der Waals surface area contributed by atoms with Crippen molar-refractivity contribution in [1.29, 1.82) is 0 Å². The largest absolute Gasteiger partial charge is 0.683 e. The third-order valence-electron chi connectivity index (χ3n) is 7.31. The van der Waals surface area contributed by atoms with Crippen molar-refractivity contribution in [3.05, 3.63) is 127 Å². The zero-order chi connectivity index (χ0) is 26.3. The molecule has 0 aliphatic heterocycles. The summed E-state index contributed by atoms with van der Waals surface area (Å²) in [6.07, 6.45) is 0. The van der Waals surface area contributed by atoms with E-state index in [0.717, 1.165) is 21.9 Å². The van der Waals surface area contributed by atoms with Gasteiger partial charge in [-0.05, 0) is 58.3 Å². The van der Waals surface area contributed by atoms with Crippen LogP contribution in [0.4, 0.5) is 5.69 Å². The van der Waals surface area contributed by atoms with Crippen molar-refractivity contribution in [2.45, 2.75) is 0 Å². The van der Waals surface area contributed by atoms with Gasteiger partial charge in [-0.2, -0.15) is 0 Å². The van der Waals surface area contributed by atoms with Gasteiger partial charge in [0.1, 0.15) is 16.9 Å². The minimum absolute atomic E-state index is 0. The quantitative estimate of drug-likeness (QED) is 0.209. The maximum absolute atomic E-state index is 9.75. The first-order valence-electron chi connectivity index (χ1n) is 12.9. The molecule has 2 aromatic heterocycles. The van der Waals surface area contributed by atoms with Crippen LogP contribution in [-0.2, 0) is 32.7 Å². The topological polar surface area (TPSA) is 63.3 Å². The molecule has 0 spiro atoms. The molecule has 8 aromatic rings. The number of H-pyrrole nitrogens is 1. The van der Waals surface area contributed by atoms with Crippen LogP contribution in [0.25, 0.3) is 71.0 Å². The van der Waals surface area contributed by atoms with Gasteiger partial charge in [0.25, 0.3) is 0 Å². The van der Waals surface area contributed by atoms with Crippen molar-refractivity contribution in [2.24, 2.45) is 0 Å². The summed E-state index contributed by atoms with van der Waals surface area (Å²) in [5.74, 6) is 0.182. The van der Waals surface area contributed by atoms with Gasteiger partial charge in [-0.15, -0.1) is 7.05 Å². The molecule has 40 heavy (non-hydrogen) atoms. The molecular weight excluding hydrogens is 569 g/mol. The molecule has 0 saturated carbocycles. The van der Waals surface area contributed by atoms with Crippen LogP contribution in [0, 0.1) is 0 Å². The van der Waals surface area contributed by atoms with Crippen LogP contribution in [0.1, 0.15) is 0 Å². The summed E-state index contributed by atoms with van der Waals surface area (Å²) >= 11 is 0. The summed E-state index contributed by atoms with van der Waals surface area (Å²) < 4.78 is 5.68. The molecule has 0 unspecified atom stereocenters. The summed E-state index contributed by atoms with van der Waals surface area (Å²) in [6.45, 7) is 0. The van der Waals surface area contributed by atoms with Gasteiger partial charge >= 0.3 is 0 Å². The Balaban J connectivity index is 0.000000150. The van der Waals surface area contributed by atoms with E-state index in [2.05, 4.69) is 95.2 Å². The number of nitrogens with one attached hydrogen (secondary N) is 1. The number of hydrogen-bond acceptors (Lipinski definition) is 2. The first-order valence-corrected chi connectivity index (χ1v) is 12.9. The summed E-state index contributed by atoms with van der Waals surface area (Å²) in [6, 6.07) is 41.3. The average molecular weight is 595 g/mol. The minimum atomic E-state index is 0. The smallest absolute Gasteiger partial charge is 0.135 e. The molecule has 191 valence electrons. The molecule has 6 aromatic carbocycles. The van der Waals surface area contributed by atoms with E-state index in [1.165, 1.54) is 43.7 Å². The van der Waals surface area contributed by atoms with Crippen molar-refractivity contribution in [3.63, 3.8) is 0 Å². The van der Waals surface area contributed by atoms with Crippen LogP contribution in [0.3, 0.4) is 0 Å². The SMILES string of the molecule is C[N-]c1c(O)ccc2oc3ccccc3c12.[Y].c1ccc(-c2ccc3[nH]c4ccc5ccccc5c4c3c2)cc1. The van der Waals surface area contributed by atoms with E-state index in [9.17, 15) is 5.11 Å². The summed E-state index contributed by atoms with van der Waals surface area (Å²) in [5.41, 5.74) is 7.05. The predicted molar refractivity (Wildman–Crippen MR) is 163 cm³/mol.